The minimum absolute atomic E-state index is 0.0691. The van der Waals surface area contributed by atoms with Gasteiger partial charge in [-0.05, 0) is 47.5 Å². The maximum atomic E-state index is 12.7. The van der Waals surface area contributed by atoms with Crippen molar-refractivity contribution in [3.05, 3.63) is 57.0 Å². The van der Waals surface area contributed by atoms with E-state index in [0.717, 1.165) is 19.7 Å². The predicted molar refractivity (Wildman–Crippen MR) is 100 cm³/mol. The number of nitrogens with zero attached hydrogens (tertiary/aromatic N) is 2. The lowest BCUT2D eigenvalue weighted by Crippen LogP contribution is -2.28. The lowest BCUT2D eigenvalue weighted by molar-refractivity contribution is 0.0793. The predicted octanol–water partition coefficient (Wildman–Crippen LogP) is 4.91. The molecule has 1 amide bonds. The summed E-state index contributed by atoms with van der Waals surface area (Å²) >= 11 is 5.21. The summed E-state index contributed by atoms with van der Waals surface area (Å²) in [5, 5.41) is 0. The molecule has 5 heteroatoms. The Balaban J connectivity index is 2.09. The molecule has 0 spiro atoms. The average Bonchev–Trinajstić information content (AvgIpc) is 3.03. The minimum Gasteiger partial charge on any atom is -0.341 e. The standard InChI is InChI=1S/C18H19BrN2OS/c1-4-20(3)18(22)15-9-16-14(10-17(19)23-16)21(15)11-13-7-5-6-12(2)8-13/h5-10H,4,11H2,1-3H3. The first kappa shape index (κ1) is 16.3. The average molecular weight is 391 g/mol. The molecule has 1 aromatic carbocycles. The van der Waals surface area contributed by atoms with Crippen LogP contribution in [0.2, 0.25) is 0 Å². The number of aryl methyl sites for hydroxylation is 1. The van der Waals surface area contributed by atoms with E-state index in [2.05, 4.69) is 57.8 Å². The van der Waals surface area contributed by atoms with Crippen LogP contribution in [0.5, 0.6) is 0 Å². The van der Waals surface area contributed by atoms with Crippen LogP contribution in [0.3, 0.4) is 0 Å². The molecule has 0 aliphatic carbocycles. The van der Waals surface area contributed by atoms with Gasteiger partial charge in [0.15, 0.2) is 0 Å². The second kappa shape index (κ2) is 6.49. The molecule has 2 heterocycles. The highest BCUT2D eigenvalue weighted by Crippen LogP contribution is 2.33. The fourth-order valence-corrected chi connectivity index (χ4v) is 4.26. The monoisotopic (exact) mass is 390 g/mol. The number of benzene rings is 1. The number of carbonyl (C=O) groups excluding carboxylic acids is 1. The number of carbonyl (C=O) groups is 1. The quantitative estimate of drug-likeness (QED) is 0.620. The van der Waals surface area contributed by atoms with E-state index in [-0.39, 0.29) is 5.91 Å². The summed E-state index contributed by atoms with van der Waals surface area (Å²) in [6.07, 6.45) is 0. The van der Waals surface area contributed by atoms with E-state index in [1.54, 1.807) is 16.2 Å². The van der Waals surface area contributed by atoms with Crippen molar-refractivity contribution in [2.24, 2.45) is 0 Å². The van der Waals surface area contributed by atoms with Crippen molar-refractivity contribution in [1.82, 2.24) is 9.47 Å². The van der Waals surface area contributed by atoms with Crippen molar-refractivity contribution in [2.45, 2.75) is 20.4 Å². The lowest BCUT2D eigenvalue weighted by Gasteiger charge is -2.17. The molecule has 0 aliphatic heterocycles. The van der Waals surface area contributed by atoms with Crippen molar-refractivity contribution >= 4 is 43.4 Å². The molecular formula is C18H19BrN2OS. The highest BCUT2D eigenvalue weighted by molar-refractivity contribution is 9.11. The van der Waals surface area contributed by atoms with E-state index in [1.165, 1.54) is 11.1 Å². The molecule has 0 atom stereocenters. The number of rotatable bonds is 4. The second-order valence-electron chi connectivity index (χ2n) is 5.72. The maximum Gasteiger partial charge on any atom is 0.270 e. The summed E-state index contributed by atoms with van der Waals surface area (Å²) in [5.41, 5.74) is 4.30. The molecule has 0 saturated heterocycles. The van der Waals surface area contributed by atoms with E-state index in [4.69, 9.17) is 0 Å². The number of amides is 1. The van der Waals surface area contributed by atoms with Crippen molar-refractivity contribution in [3.8, 4) is 0 Å². The zero-order chi connectivity index (χ0) is 16.6. The molecule has 0 bridgehead atoms. The summed E-state index contributed by atoms with van der Waals surface area (Å²) in [4.78, 5) is 14.5. The smallest absolute Gasteiger partial charge is 0.270 e. The van der Waals surface area contributed by atoms with E-state index in [9.17, 15) is 4.79 Å². The number of fused-ring (bicyclic) bond motifs is 1. The van der Waals surface area contributed by atoms with E-state index in [0.29, 0.717) is 13.1 Å². The Morgan fingerprint density at radius 3 is 2.78 bits per heavy atom. The van der Waals surface area contributed by atoms with Gasteiger partial charge in [0.25, 0.3) is 5.91 Å². The van der Waals surface area contributed by atoms with Crippen LogP contribution in [0, 0.1) is 6.92 Å². The van der Waals surface area contributed by atoms with Gasteiger partial charge >= 0.3 is 0 Å². The molecule has 0 N–H and O–H groups in total. The second-order valence-corrected chi connectivity index (χ2v) is 8.19. The fourth-order valence-electron chi connectivity index (χ4n) is 2.69. The first-order chi connectivity index (χ1) is 11.0. The molecule has 0 saturated carbocycles. The number of hydrogen-bond donors (Lipinski definition) is 0. The number of halogens is 1. The van der Waals surface area contributed by atoms with Gasteiger partial charge in [-0.3, -0.25) is 4.79 Å². The Labute approximate surface area is 148 Å². The lowest BCUT2D eigenvalue weighted by atomic mass is 10.1. The molecular weight excluding hydrogens is 372 g/mol. The third kappa shape index (κ3) is 3.21. The van der Waals surface area contributed by atoms with Crippen LogP contribution in [0.15, 0.2) is 40.2 Å². The molecule has 120 valence electrons. The van der Waals surface area contributed by atoms with Crippen LogP contribution < -0.4 is 0 Å². The summed E-state index contributed by atoms with van der Waals surface area (Å²) in [5.74, 6) is 0.0691. The summed E-state index contributed by atoms with van der Waals surface area (Å²) in [7, 11) is 1.84. The van der Waals surface area contributed by atoms with Crippen molar-refractivity contribution in [1.29, 1.82) is 0 Å². The van der Waals surface area contributed by atoms with Gasteiger partial charge in [0.05, 0.1) is 14.0 Å². The maximum absolute atomic E-state index is 12.7. The molecule has 0 fully saturated rings. The summed E-state index contributed by atoms with van der Waals surface area (Å²) in [6, 6.07) is 12.5. The normalized spacial score (nSPS) is 11.1. The van der Waals surface area contributed by atoms with E-state index in [1.807, 2.05) is 20.0 Å². The van der Waals surface area contributed by atoms with Gasteiger partial charge in [0.2, 0.25) is 0 Å². The number of hydrogen-bond acceptors (Lipinski definition) is 2. The van der Waals surface area contributed by atoms with Crippen LogP contribution in [0.1, 0.15) is 28.5 Å². The SMILES string of the molecule is CCN(C)C(=O)c1cc2sc(Br)cc2n1Cc1cccc(C)c1. The largest absolute Gasteiger partial charge is 0.341 e. The molecule has 2 aromatic heterocycles. The van der Waals surface area contributed by atoms with Crippen LogP contribution in [0.4, 0.5) is 0 Å². The Kier molecular flexibility index (Phi) is 4.60. The number of thiophene rings is 1. The first-order valence-corrected chi connectivity index (χ1v) is 9.20. The Bertz CT molecular complexity index is 865. The highest BCUT2D eigenvalue weighted by atomic mass is 79.9. The Morgan fingerprint density at radius 2 is 2.09 bits per heavy atom. The Morgan fingerprint density at radius 1 is 1.30 bits per heavy atom. The molecule has 3 nitrogen and oxygen atoms in total. The third-order valence-corrected chi connectivity index (χ3v) is 5.60. The van der Waals surface area contributed by atoms with Crippen LogP contribution >= 0.6 is 27.3 Å². The summed E-state index contributed by atoms with van der Waals surface area (Å²) < 4.78 is 4.35. The molecule has 3 aromatic rings. The van der Waals surface area contributed by atoms with Crippen LogP contribution in [-0.4, -0.2) is 29.0 Å². The Hall–Kier alpha value is -1.59. The van der Waals surface area contributed by atoms with Crippen molar-refractivity contribution in [3.63, 3.8) is 0 Å². The van der Waals surface area contributed by atoms with Gasteiger partial charge in [0, 0.05) is 20.1 Å². The van der Waals surface area contributed by atoms with Gasteiger partial charge in [-0.25, -0.2) is 0 Å². The van der Waals surface area contributed by atoms with Crippen LogP contribution in [0.25, 0.3) is 10.2 Å². The zero-order valence-electron chi connectivity index (χ0n) is 13.5. The molecule has 23 heavy (non-hydrogen) atoms. The topological polar surface area (TPSA) is 25.2 Å². The van der Waals surface area contributed by atoms with Crippen molar-refractivity contribution < 1.29 is 4.79 Å². The van der Waals surface area contributed by atoms with Crippen molar-refractivity contribution in [2.75, 3.05) is 13.6 Å². The minimum atomic E-state index is 0.0691. The first-order valence-electron chi connectivity index (χ1n) is 7.59. The number of aromatic nitrogens is 1. The van der Waals surface area contributed by atoms with Gasteiger partial charge in [-0.2, -0.15) is 0 Å². The zero-order valence-corrected chi connectivity index (χ0v) is 15.9. The molecule has 0 radical (unpaired) electrons. The highest BCUT2D eigenvalue weighted by Gasteiger charge is 2.20. The van der Waals surface area contributed by atoms with Gasteiger partial charge in [0.1, 0.15) is 5.69 Å². The molecule has 0 aliphatic rings. The summed E-state index contributed by atoms with van der Waals surface area (Å²) in [6.45, 7) is 5.48. The fraction of sp³-hybridized carbons (Fsp3) is 0.278. The van der Waals surface area contributed by atoms with Gasteiger partial charge < -0.3 is 9.47 Å². The molecule has 3 rings (SSSR count). The van der Waals surface area contributed by atoms with Crippen LogP contribution in [-0.2, 0) is 6.54 Å². The third-order valence-electron chi connectivity index (χ3n) is 4.02. The van der Waals surface area contributed by atoms with Gasteiger partial charge in [-0.15, -0.1) is 11.3 Å². The van der Waals surface area contributed by atoms with E-state index >= 15 is 0 Å². The van der Waals surface area contributed by atoms with Gasteiger partial charge in [-0.1, -0.05) is 29.8 Å². The van der Waals surface area contributed by atoms with E-state index < -0.39 is 0 Å². The molecule has 0 unspecified atom stereocenters.